The smallest absolute Gasteiger partial charge is 0.326 e. The van der Waals surface area contributed by atoms with Crippen molar-refractivity contribution in [2.24, 2.45) is 0 Å². The van der Waals surface area contributed by atoms with E-state index in [1.165, 1.54) is 13.4 Å². The molecule has 8 nitrogen and oxygen atoms in total. The van der Waals surface area contributed by atoms with Crippen LogP contribution in [-0.4, -0.2) is 35.1 Å². The average molecular weight is 367 g/mol. The third-order valence-corrected chi connectivity index (χ3v) is 3.75. The Morgan fingerprint density at radius 3 is 2.78 bits per heavy atom. The Hall–Kier alpha value is -3.68. The SMILES string of the molecule is COc1cccc(NC(=O)COC(=O)Cn2cnc3ccccc3c2=O)c1. The van der Waals surface area contributed by atoms with Gasteiger partial charge < -0.3 is 14.8 Å². The molecule has 1 N–H and O–H groups in total. The lowest BCUT2D eigenvalue weighted by molar-refractivity contribution is -0.147. The van der Waals surface area contributed by atoms with Crippen LogP contribution < -0.4 is 15.6 Å². The molecular weight excluding hydrogens is 350 g/mol. The van der Waals surface area contributed by atoms with Crippen molar-refractivity contribution in [2.75, 3.05) is 19.0 Å². The van der Waals surface area contributed by atoms with Gasteiger partial charge in [-0.3, -0.25) is 19.0 Å². The zero-order valence-corrected chi connectivity index (χ0v) is 14.5. The maximum Gasteiger partial charge on any atom is 0.326 e. The number of methoxy groups -OCH3 is 1. The maximum atomic E-state index is 12.3. The van der Waals surface area contributed by atoms with E-state index in [1.54, 1.807) is 48.5 Å². The second kappa shape index (κ2) is 8.13. The average Bonchev–Trinajstić information content (AvgIpc) is 2.69. The summed E-state index contributed by atoms with van der Waals surface area (Å²) in [5.41, 5.74) is 0.716. The number of aromatic nitrogens is 2. The van der Waals surface area contributed by atoms with Gasteiger partial charge in [0.15, 0.2) is 6.61 Å². The summed E-state index contributed by atoms with van der Waals surface area (Å²) in [6.07, 6.45) is 1.28. The molecule has 0 radical (unpaired) electrons. The molecule has 0 fully saturated rings. The van der Waals surface area contributed by atoms with Gasteiger partial charge in [0.25, 0.3) is 11.5 Å². The van der Waals surface area contributed by atoms with E-state index >= 15 is 0 Å². The summed E-state index contributed by atoms with van der Waals surface area (Å²) in [6, 6.07) is 13.6. The summed E-state index contributed by atoms with van der Waals surface area (Å²) in [4.78, 5) is 40.3. The van der Waals surface area contributed by atoms with Crippen molar-refractivity contribution in [3.63, 3.8) is 0 Å². The van der Waals surface area contributed by atoms with E-state index in [0.717, 1.165) is 4.57 Å². The standard InChI is InChI=1S/C19H17N3O5/c1-26-14-6-4-5-13(9-14)21-17(23)11-27-18(24)10-22-12-20-16-8-3-2-7-15(16)19(22)25/h2-9,12H,10-11H2,1H3,(H,21,23). The Morgan fingerprint density at radius 2 is 1.96 bits per heavy atom. The van der Waals surface area contributed by atoms with Gasteiger partial charge in [-0.05, 0) is 24.3 Å². The summed E-state index contributed by atoms with van der Waals surface area (Å²) in [5.74, 6) is -0.622. The van der Waals surface area contributed by atoms with Crippen LogP contribution >= 0.6 is 0 Å². The summed E-state index contributed by atoms with van der Waals surface area (Å²) < 4.78 is 11.1. The molecule has 0 aliphatic rings. The van der Waals surface area contributed by atoms with E-state index in [1.807, 2.05) is 0 Å². The van der Waals surface area contributed by atoms with Gasteiger partial charge in [0.1, 0.15) is 12.3 Å². The number of nitrogens with zero attached hydrogens (tertiary/aromatic N) is 2. The van der Waals surface area contributed by atoms with E-state index in [9.17, 15) is 14.4 Å². The van der Waals surface area contributed by atoms with Crippen molar-refractivity contribution in [1.82, 2.24) is 9.55 Å². The van der Waals surface area contributed by atoms with Crippen molar-refractivity contribution in [2.45, 2.75) is 6.54 Å². The number of nitrogens with one attached hydrogen (secondary N) is 1. The molecule has 0 aliphatic heterocycles. The van der Waals surface area contributed by atoms with Gasteiger partial charge in [0.05, 0.1) is 24.3 Å². The molecule has 138 valence electrons. The predicted octanol–water partition coefficient (Wildman–Crippen LogP) is 1.59. The monoisotopic (exact) mass is 367 g/mol. The first-order valence-corrected chi connectivity index (χ1v) is 8.10. The normalized spacial score (nSPS) is 10.4. The van der Waals surface area contributed by atoms with E-state index in [0.29, 0.717) is 22.3 Å². The molecule has 0 saturated carbocycles. The zero-order chi connectivity index (χ0) is 19.2. The summed E-state index contributed by atoms with van der Waals surface area (Å²) >= 11 is 0. The number of hydrogen-bond donors (Lipinski definition) is 1. The van der Waals surface area contributed by atoms with Crippen molar-refractivity contribution in [1.29, 1.82) is 0 Å². The Kier molecular flexibility index (Phi) is 5.46. The number of ether oxygens (including phenoxy) is 2. The Morgan fingerprint density at radius 1 is 1.15 bits per heavy atom. The van der Waals surface area contributed by atoms with E-state index in [2.05, 4.69) is 10.3 Å². The van der Waals surface area contributed by atoms with Crippen molar-refractivity contribution >= 4 is 28.5 Å². The third-order valence-electron chi connectivity index (χ3n) is 3.75. The van der Waals surface area contributed by atoms with Crippen LogP contribution in [0.3, 0.4) is 0 Å². The van der Waals surface area contributed by atoms with Crippen LogP contribution in [0, 0.1) is 0 Å². The van der Waals surface area contributed by atoms with Gasteiger partial charge in [-0.25, -0.2) is 4.98 Å². The van der Waals surface area contributed by atoms with Crippen LogP contribution in [0.2, 0.25) is 0 Å². The molecule has 0 atom stereocenters. The molecule has 3 rings (SSSR count). The molecule has 0 saturated heterocycles. The predicted molar refractivity (Wildman–Crippen MR) is 98.6 cm³/mol. The number of esters is 1. The molecule has 0 spiro atoms. The molecule has 8 heteroatoms. The van der Waals surface area contributed by atoms with Crippen LogP contribution in [-0.2, 0) is 20.9 Å². The molecule has 0 aliphatic carbocycles. The van der Waals surface area contributed by atoms with Gasteiger partial charge in [-0.1, -0.05) is 18.2 Å². The highest BCUT2D eigenvalue weighted by Crippen LogP contribution is 2.16. The Bertz CT molecular complexity index is 1040. The van der Waals surface area contributed by atoms with Gasteiger partial charge in [-0.15, -0.1) is 0 Å². The first kappa shape index (κ1) is 18.1. The van der Waals surface area contributed by atoms with Gasteiger partial charge in [0, 0.05) is 11.8 Å². The molecule has 0 bridgehead atoms. The van der Waals surface area contributed by atoms with Gasteiger partial charge in [-0.2, -0.15) is 0 Å². The fraction of sp³-hybridized carbons (Fsp3) is 0.158. The van der Waals surface area contributed by atoms with Crippen LogP contribution in [0.15, 0.2) is 59.7 Å². The number of rotatable bonds is 6. The number of fused-ring (bicyclic) bond motifs is 1. The van der Waals surface area contributed by atoms with Crippen LogP contribution in [0.25, 0.3) is 10.9 Å². The quantitative estimate of drug-likeness (QED) is 0.664. The topological polar surface area (TPSA) is 99.5 Å². The molecule has 1 heterocycles. The molecule has 1 aromatic heterocycles. The largest absolute Gasteiger partial charge is 0.497 e. The lowest BCUT2D eigenvalue weighted by Gasteiger charge is -2.09. The first-order chi connectivity index (χ1) is 13.1. The van der Waals surface area contributed by atoms with E-state index in [-0.39, 0.29) is 12.1 Å². The second-order valence-corrected chi connectivity index (χ2v) is 5.64. The minimum Gasteiger partial charge on any atom is -0.497 e. The number of amides is 1. The summed E-state index contributed by atoms with van der Waals surface area (Å²) in [5, 5.41) is 3.00. The van der Waals surface area contributed by atoms with E-state index in [4.69, 9.17) is 9.47 Å². The summed E-state index contributed by atoms with van der Waals surface area (Å²) in [6.45, 7) is -0.797. The molecule has 27 heavy (non-hydrogen) atoms. The molecule has 2 aromatic carbocycles. The molecule has 1 amide bonds. The van der Waals surface area contributed by atoms with Crippen molar-refractivity contribution in [3.8, 4) is 5.75 Å². The highest BCUT2D eigenvalue weighted by Gasteiger charge is 2.11. The Labute approximate surface area is 154 Å². The highest BCUT2D eigenvalue weighted by molar-refractivity contribution is 5.93. The lowest BCUT2D eigenvalue weighted by atomic mass is 10.2. The van der Waals surface area contributed by atoms with Gasteiger partial charge >= 0.3 is 5.97 Å². The summed E-state index contributed by atoms with van der Waals surface area (Å²) in [7, 11) is 1.52. The number of hydrogen-bond acceptors (Lipinski definition) is 6. The minimum absolute atomic E-state index is 0.330. The fourth-order valence-electron chi connectivity index (χ4n) is 2.45. The maximum absolute atomic E-state index is 12.3. The number of carbonyl (C=O) groups is 2. The first-order valence-electron chi connectivity index (χ1n) is 8.10. The van der Waals surface area contributed by atoms with E-state index < -0.39 is 18.5 Å². The van der Waals surface area contributed by atoms with Crippen molar-refractivity contribution < 1.29 is 19.1 Å². The van der Waals surface area contributed by atoms with Crippen LogP contribution in [0.4, 0.5) is 5.69 Å². The second-order valence-electron chi connectivity index (χ2n) is 5.64. The molecular formula is C19H17N3O5. The van der Waals surface area contributed by atoms with Crippen LogP contribution in [0.5, 0.6) is 5.75 Å². The lowest BCUT2D eigenvalue weighted by Crippen LogP contribution is -2.28. The minimum atomic E-state index is -0.713. The Balaban J connectivity index is 1.57. The fourth-order valence-corrected chi connectivity index (χ4v) is 2.45. The van der Waals surface area contributed by atoms with Gasteiger partial charge in [0.2, 0.25) is 0 Å². The number of benzene rings is 2. The third kappa shape index (κ3) is 4.49. The molecule has 0 unspecified atom stereocenters. The molecule has 3 aromatic rings. The van der Waals surface area contributed by atoms with Crippen molar-refractivity contribution in [3.05, 3.63) is 65.2 Å². The number of anilines is 1. The zero-order valence-electron chi connectivity index (χ0n) is 14.5. The highest BCUT2D eigenvalue weighted by atomic mass is 16.5. The number of carbonyl (C=O) groups excluding carboxylic acids is 2. The van der Waals surface area contributed by atoms with Crippen LogP contribution in [0.1, 0.15) is 0 Å². The number of para-hydroxylation sites is 1.